The van der Waals surface area contributed by atoms with E-state index < -0.39 is 10.0 Å². The van der Waals surface area contributed by atoms with Crippen molar-refractivity contribution in [2.24, 2.45) is 0 Å². The number of hydrogen-bond donors (Lipinski definition) is 0. The summed E-state index contributed by atoms with van der Waals surface area (Å²) in [5.74, 6) is -0.223. The second-order valence-electron chi connectivity index (χ2n) is 9.29. The van der Waals surface area contributed by atoms with E-state index in [1.165, 1.54) is 42.0 Å². The van der Waals surface area contributed by atoms with Crippen molar-refractivity contribution in [1.29, 1.82) is 0 Å². The highest BCUT2D eigenvalue weighted by Crippen LogP contribution is 2.32. The van der Waals surface area contributed by atoms with E-state index >= 15 is 0 Å². The first-order valence-electron chi connectivity index (χ1n) is 13.1. The first kappa shape index (κ1) is 31.0. The molecule has 3 aromatic rings. The number of morpholine rings is 1. The number of hydrogen-bond acceptors (Lipinski definition) is 9. The molecule has 10 nitrogen and oxygen atoms in total. The largest absolute Gasteiger partial charge is 0.383 e. The number of methoxy groups -OCH3 is 2. The van der Waals surface area contributed by atoms with E-state index in [-0.39, 0.29) is 37.1 Å². The molecule has 1 aliphatic heterocycles. The molecule has 1 aliphatic rings. The number of rotatable bonds is 14. The fourth-order valence-corrected chi connectivity index (χ4v) is 7.33. The van der Waals surface area contributed by atoms with Crippen molar-refractivity contribution in [3.63, 3.8) is 0 Å². The molecule has 0 saturated carbocycles. The average Bonchev–Trinajstić information content (AvgIpc) is 3.38. The number of amides is 1. The molecule has 0 atom stereocenters. The number of thiazole rings is 1. The predicted molar refractivity (Wildman–Crippen MR) is 160 cm³/mol. The number of sulfonamides is 1. The Balaban J connectivity index is 1.56. The zero-order chi connectivity index (χ0) is 28.5. The third-order valence-corrected chi connectivity index (χ3v) is 10.1. The van der Waals surface area contributed by atoms with E-state index in [1.54, 1.807) is 17.0 Å². The molecule has 0 spiro atoms. The van der Waals surface area contributed by atoms with Crippen LogP contribution in [0.1, 0.15) is 16.8 Å². The van der Waals surface area contributed by atoms with Crippen LogP contribution in [-0.2, 0) is 24.2 Å². The van der Waals surface area contributed by atoms with Crippen LogP contribution in [0.4, 0.5) is 5.13 Å². The number of halogens is 1. The molecular weight excluding hydrogens is 620 g/mol. The summed E-state index contributed by atoms with van der Waals surface area (Å²) in [6.07, 6.45) is 0.770. The Morgan fingerprint density at radius 2 is 1.73 bits per heavy atom. The van der Waals surface area contributed by atoms with Crippen LogP contribution < -0.4 is 4.90 Å². The molecule has 1 saturated heterocycles. The van der Waals surface area contributed by atoms with Crippen LogP contribution in [0.15, 0.2) is 51.8 Å². The molecule has 2 heterocycles. The number of anilines is 1. The van der Waals surface area contributed by atoms with Crippen LogP contribution in [0.3, 0.4) is 0 Å². The quantitative estimate of drug-likeness (QED) is 0.259. The number of aromatic nitrogens is 1. The second kappa shape index (κ2) is 14.8. The van der Waals surface area contributed by atoms with Crippen molar-refractivity contribution in [3.8, 4) is 0 Å². The summed E-state index contributed by atoms with van der Waals surface area (Å²) in [7, 11) is -0.738. The number of ether oxygens (including phenoxy) is 3. The minimum atomic E-state index is -3.79. The average molecular weight is 656 g/mol. The highest BCUT2D eigenvalue weighted by atomic mass is 79.9. The summed E-state index contributed by atoms with van der Waals surface area (Å²) < 4.78 is 45.5. The van der Waals surface area contributed by atoms with E-state index in [9.17, 15) is 13.2 Å². The lowest BCUT2D eigenvalue weighted by molar-refractivity contribution is 0.0376. The number of nitrogens with zero attached hydrogens (tertiary/aromatic N) is 4. The van der Waals surface area contributed by atoms with Gasteiger partial charge in [0.25, 0.3) is 5.91 Å². The van der Waals surface area contributed by atoms with Crippen molar-refractivity contribution in [2.75, 3.05) is 84.8 Å². The Bertz CT molecular complexity index is 1360. The summed E-state index contributed by atoms with van der Waals surface area (Å²) in [6, 6.07) is 11.9. The smallest absolute Gasteiger partial charge is 0.260 e. The van der Waals surface area contributed by atoms with Crippen LogP contribution >= 0.6 is 27.3 Å². The van der Waals surface area contributed by atoms with E-state index in [2.05, 4.69) is 20.8 Å². The molecule has 0 N–H and O–H groups in total. The highest BCUT2D eigenvalue weighted by Gasteiger charge is 2.26. The first-order valence-corrected chi connectivity index (χ1v) is 16.1. The Morgan fingerprint density at radius 3 is 2.38 bits per heavy atom. The van der Waals surface area contributed by atoms with Gasteiger partial charge in [-0.1, -0.05) is 27.3 Å². The van der Waals surface area contributed by atoms with Crippen LogP contribution in [0, 0.1) is 0 Å². The van der Waals surface area contributed by atoms with Gasteiger partial charge in [0.2, 0.25) is 10.0 Å². The number of carbonyl (C=O) groups is 1. The van der Waals surface area contributed by atoms with Crippen molar-refractivity contribution in [2.45, 2.75) is 11.3 Å². The number of fused-ring (bicyclic) bond motifs is 1. The van der Waals surface area contributed by atoms with Crippen molar-refractivity contribution >= 4 is 58.5 Å². The van der Waals surface area contributed by atoms with Crippen molar-refractivity contribution < 1.29 is 27.4 Å². The van der Waals surface area contributed by atoms with Gasteiger partial charge in [-0.2, -0.15) is 4.31 Å². The monoisotopic (exact) mass is 654 g/mol. The van der Waals surface area contributed by atoms with Gasteiger partial charge in [-0.25, -0.2) is 13.4 Å². The van der Waals surface area contributed by atoms with Crippen molar-refractivity contribution in [1.82, 2.24) is 14.2 Å². The van der Waals surface area contributed by atoms with Gasteiger partial charge in [0.1, 0.15) is 0 Å². The van der Waals surface area contributed by atoms with Gasteiger partial charge >= 0.3 is 0 Å². The molecule has 0 unspecified atom stereocenters. The minimum Gasteiger partial charge on any atom is -0.383 e. The van der Waals surface area contributed by atoms with Crippen LogP contribution in [0.5, 0.6) is 0 Å². The van der Waals surface area contributed by atoms with Gasteiger partial charge < -0.3 is 14.2 Å². The molecular formula is C27H35BrN4O6S2. The van der Waals surface area contributed by atoms with E-state index in [4.69, 9.17) is 19.2 Å². The maximum atomic E-state index is 13.8. The maximum absolute atomic E-state index is 13.8. The predicted octanol–water partition coefficient (Wildman–Crippen LogP) is 3.71. The first-order chi connectivity index (χ1) is 19.3. The lowest BCUT2D eigenvalue weighted by atomic mass is 10.2. The maximum Gasteiger partial charge on any atom is 0.260 e. The van der Waals surface area contributed by atoms with Crippen molar-refractivity contribution in [3.05, 3.63) is 52.5 Å². The van der Waals surface area contributed by atoms with Gasteiger partial charge in [-0.05, 0) is 48.9 Å². The minimum absolute atomic E-state index is 0.111. The highest BCUT2D eigenvalue weighted by molar-refractivity contribution is 9.10. The van der Waals surface area contributed by atoms with E-state index in [1.807, 2.05) is 18.2 Å². The molecule has 1 aromatic heterocycles. The molecule has 0 radical (unpaired) electrons. The summed E-state index contributed by atoms with van der Waals surface area (Å²) >= 11 is 4.97. The fourth-order valence-electron chi connectivity index (χ4n) is 4.38. The zero-order valence-electron chi connectivity index (χ0n) is 22.8. The second-order valence-corrected chi connectivity index (χ2v) is 13.1. The van der Waals surface area contributed by atoms with Gasteiger partial charge in [0.15, 0.2) is 5.13 Å². The lowest BCUT2D eigenvalue weighted by Gasteiger charge is -2.27. The molecule has 40 heavy (non-hydrogen) atoms. The summed E-state index contributed by atoms with van der Waals surface area (Å²) in [5, 5.41) is 0.613. The molecule has 1 fully saturated rings. The van der Waals surface area contributed by atoms with Crippen LogP contribution in [0.2, 0.25) is 0 Å². The molecule has 0 bridgehead atoms. The van der Waals surface area contributed by atoms with Crippen LogP contribution in [0.25, 0.3) is 10.2 Å². The zero-order valence-corrected chi connectivity index (χ0v) is 26.0. The molecule has 13 heteroatoms. The third kappa shape index (κ3) is 7.85. The van der Waals surface area contributed by atoms with Gasteiger partial charge in [-0.15, -0.1) is 0 Å². The standard InChI is InChI=1S/C27H35BrN4O6S2/c1-36-16-14-31(15-17-37-2)40(34,35)23-7-4-21(5-8-23)26(33)32(11-3-10-30-12-18-38-19-13-30)27-29-24-9-6-22(28)20-25(24)39-27/h4-9,20H,3,10-19H2,1-2H3. The van der Waals surface area contributed by atoms with Crippen LogP contribution in [-0.4, -0.2) is 108 Å². The molecule has 218 valence electrons. The number of benzene rings is 2. The molecule has 4 rings (SSSR count). The Labute approximate surface area is 248 Å². The summed E-state index contributed by atoms with van der Waals surface area (Å²) in [5.41, 5.74) is 1.22. The van der Waals surface area contributed by atoms with E-state index in [0.29, 0.717) is 17.2 Å². The fraction of sp³-hybridized carbons (Fsp3) is 0.481. The Kier molecular flexibility index (Phi) is 11.4. The number of carbonyl (C=O) groups excluding carboxylic acids is 1. The van der Waals surface area contributed by atoms with Gasteiger partial charge in [-0.3, -0.25) is 14.6 Å². The Hall–Kier alpha value is -1.97. The molecule has 1 amide bonds. The lowest BCUT2D eigenvalue weighted by Crippen LogP contribution is -2.39. The third-order valence-electron chi connectivity index (χ3n) is 6.60. The molecule has 0 aliphatic carbocycles. The van der Waals surface area contributed by atoms with Gasteiger partial charge in [0.05, 0.1) is 41.5 Å². The SMILES string of the molecule is COCCN(CCOC)S(=O)(=O)c1ccc(C(=O)N(CCCN2CCOCC2)c2nc3ccc(Br)cc3s2)cc1. The topological polar surface area (TPSA) is 102 Å². The van der Waals surface area contributed by atoms with Gasteiger partial charge in [0, 0.05) is 63.5 Å². The Morgan fingerprint density at radius 1 is 1.05 bits per heavy atom. The molecule has 2 aromatic carbocycles. The summed E-state index contributed by atoms with van der Waals surface area (Å²) in [6.45, 7) is 5.46. The van der Waals surface area contributed by atoms with E-state index in [0.717, 1.165) is 54.0 Å². The summed E-state index contributed by atoms with van der Waals surface area (Å²) in [4.78, 5) is 22.7. The normalized spacial score (nSPS) is 14.7.